The highest BCUT2D eigenvalue weighted by Crippen LogP contribution is 2.56. The number of hydrogen-bond donors (Lipinski definition) is 1. The van der Waals surface area contributed by atoms with Gasteiger partial charge in [0.25, 0.3) is 0 Å². The number of methoxy groups -OCH3 is 1. The third kappa shape index (κ3) is 2.34. The number of fused-ring (bicyclic) bond motifs is 1. The van der Waals surface area contributed by atoms with Gasteiger partial charge in [0.1, 0.15) is 11.7 Å². The molecule has 1 aromatic carbocycles. The number of carbonyl (C=O) groups is 1. The van der Waals surface area contributed by atoms with Crippen LogP contribution in [-0.2, 0) is 9.53 Å². The second-order valence-corrected chi connectivity index (χ2v) is 6.63. The van der Waals surface area contributed by atoms with Crippen LogP contribution in [0.1, 0.15) is 30.7 Å². The zero-order valence-corrected chi connectivity index (χ0v) is 14.3. The van der Waals surface area contributed by atoms with E-state index < -0.39 is 29.0 Å². The molecule has 0 unspecified atom stereocenters. The topological polar surface area (TPSA) is 97.7 Å². The molecule has 2 aliphatic carbocycles. The van der Waals surface area contributed by atoms with Crippen LogP contribution in [-0.4, -0.2) is 18.8 Å². The summed E-state index contributed by atoms with van der Waals surface area (Å²) in [4.78, 5) is 12.7. The molecule has 26 heavy (non-hydrogen) atoms. The van der Waals surface area contributed by atoms with E-state index >= 15 is 0 Å². The second-order valence-electron chi connectivity index (χ2n) is 6.63. The van der Waals surface area contributed by atoms with Gasteiger partial charge >= 0.3 is 5.97 Å². The van der Waals surface area contributed by atoms with Crippen LogP contribution >= 0.6 is 0 Å². The fraction of sp³-hybridized carbons (Fsp3) is 0.400. The molecule has 5 nitrogen and oxygen atoms in total. The molecule has 4 atom stereocenters. The summed E-state index contributed by atoms with van der Waals surface area (Å²) in [5.41, 5.74) is -1.42. The zero-order chi connectivity index (χ0) is 18.9. The van der Waals surface area contributed by atoms with Gasteiger partial charge < -0.3 is 10.1 Å². The maximum Gasteiger partial charge on any atom is 0.332 e. The molecule has 0 bridgehead atoms. The lowest BCUT2D eigenvalue weighted by molar-refractivity contribution is -0.148. The van der Waals surface area contributed by atoms with Crippen molar-refractivity contribution in [1.29, 1.82) is 15.9 Å². The third-order valence-corrected chi connectivity index (χ3v) is 5.50. The minimum atomic E-state index is -2.02. The first kappa shape index (κ1) is 17.8. The Morgan fingerprint density at radius 2 is 2.12 bits per heavy atom. The van der Waals surface area contributed by atoms with E-state index in [1.807, 2.05) is 12.1 Å². The number of benzene rings is 1. The molecule has 1 aromatic rings. The van der Waals surface area contributed by atoms with Crippen molar-refractivity contribution in [2.45, 2.75) is 25.2 Å². The molecule has 3 rings (SSSR count). The fourth-order valence-electron chi connectivity index (χ4n) is 4.37. The smallest absolute Gasteiger partial charge is 0.332 e. The van der Waals surface area contributed by atoms with E-state index in [2.05, 4.69) is 6.07 Å². The maximum absolute atomic E-state index is 14.7. The molecular formula is C20H18FN3O2. The summed E-state index contributed by atoms with van der Waals surface area (Å²) in [5.74, 6) is -3.68. The van der Waals surface area contributed by atoms with Crippen LogP contribution in [0.25, 0.3) is 0 Å². The molecule has 132 valence electrons. The van der Waals surface area contributed by atoms with Crippen molar-refractivity contribution in [1.82, 2.24) is 0 Å². The average molecular weight is 351 g/mol. The van der Waals surface area contributed by atoms with E-state index in [0.717, 1.165) is 20.0 Å². The molecule has 1 saturated carbocycles. The molecule has 0 radical (unpaired) electrons. The second kappa shape index (κ2) is 6.72. The van der Waals surface area contributed by atoms with Crippen molar-refractivity contribution in [3.63, 3.8) is 0 Å². The minimum Gasteiger partial charge on any atom is -0.468 e. The first-order valence-electron chi connectivity index (χ1n) is 8.45. The zero-order valence-electron chi connectivity index (χ0n) is 14.3. The van der Waals surface area contributed by atoms with Crippen molar-refractivity contribution >= 4 is 11.7 Å². The van der Waals surface area contributed by atoms with Crippen molar-refractivity contribution in [2.75, 3.05) is 7.11 Å². The Labute approximate surface area is 151 Å². The van der Waals surface area contributed by atoms with E-state index in [0.29, 0.717) is 12.0 Å². The molecule has 2 aliphatic rings. The summed E-state index contributed by atoms with van der Waals surface area (Å²) in [5, 5.41) is 28.2. The molecule has 6 heteroatoms. The van der Waals surface area contributed by atoms with Crippen molar-refractivity contribution < 1.29 is 13.9 Å². The summed E-state index contributed by atoms with van der Waals surface area (Å²) in [7, 11) is 1.14. The molecule has 0 amide bonds. The lowest BCUT2D eigenvalue weighted by atomic mass is 9.52. The summed E-state index contributed by atoms with van der Waals surface area (Å²) < 4.78 is 19.5. The number of carbonyl (C=O) groups excluding carboxylic acids is 1. The first-order valence-corrected chi connectivity index (χ1v) is 8.45. The van der Waals surface area contributed by atoms with Gasteiger partial charge in [0.2, 0.25) is 5.41 Å². The van der Waals surface area contributed by atoms with Crippen LogP contribution in [0.2, 0.25) is 0 Å². The third-order valence-electron chi connectivity index (χ3n) is 5.50. The average Bonchev–Trinajstić information content (AvgIpc) is 2.67. The van der Waals surface area contributed by atoms with Gasteiger partial charge in [-0.15, -0.1) is 0 Å². The molecule has 0 heterocycles. The molecule has 0 aliphatic heterocycles. The number of ether oxygens (including phenoxy) is 1. The van der Waals surface area contributed by atoms with E-state index in [-0.39, 0.29) is 17.2 Å². The van der Waals surface area contributed by atoms with Crippen molar-refractivity contribution in [3.05, 3.63) is 47.3 Å². The molecule has 0 aromatic heterocycles. The number of rotatable bonds is 2. The molecule has 1 fully saturated rings. The number of nitrogens with one attached hydrogen (secondary N) is 1. The highest BCUT2D eigenvalue weighted by Gasteiger charge is 2.62. The van der Waals surface area contributed by atoms with Gasteiger partial charge in [-0.3, -0.25) is 0 Å². The predicted molar refractivity (Wildman–Crippen MR) is 91.5 cm³/mol. The summed E-state index contributed by atoms with van der Waals surface area (Å²) in [6, 6.07) is 10.0. The number of esters is 1. The van der Waals surface area contributed by atoms with Crippen LogP contribution in [0.5, 0.6) is 0 Å². The van der Waals surface area contributed by atoms with Gasteiger partial charge in [0, 0.05) is 5.92 Å². The lowest BCUT2D eigenvalue weighted by Gasteiger charge is -2.47. The quantitative estimate of drug-likeness (QED) is 0.651. The SMILES string of the molecule is COC(=O)[C@]1(C#N)C(=N)[C@H](C#N)C2=CCCC[C@H]2[C@@H]1c1ccccc1F. The largest absolute Gasteiger partial charge is 0.468 e. The van der Waals surface area contributed by atoms with Gasteiger partial charge in [-0.05, 0) is 42.4 Å². The number of halogens is 1. The fourth-order valence-corrected chi connectivity index (χ4v) is 4.37. The van der Waals surface area contributed by atoms with Crippen molar-refractivity contribution in [2.24, 2.45) is 17.3 Å². The van der Waals surface area contributed by atoms with Crippen LogP contribution in [0.3, 0.4) is 0 Å². The van der Waals surface area contributed by atoms with E-state index in [9.17, 15) is 19.7 Å². The molecule has 1 N–H and O–H groups in total. The molecule has 0 spiro atoms. The van der Waals surface area contributed by atoms with Gasteiger partial charge in [-0.25, -0.2) is 9.18 Å². The number of nitriles is 2. The highest BCUT2D eigenvalue weighted by atomic mass is 19.1. The normalized spacial score (nSPS) is 30.4. The predicted octanol–water partition coefficient (Wildman–Crippen LogP) is 3.49. The summed E-state index contributed by atoms with van der Waals surface area (Å²) in [6.45, 7) is 0. The monoisotopic (exact) mass is 351 g/mol. The van der Waals surface area contributed by atoms with Crippen LogP contribution in [0.4, 0.5) is 4.39 Å². The lowest BCUT2D eigenvalue weighted by Crippen LogP contribution is -2.54. The van der Waals surface area contributed by atoms with Gasteiger partial charge in [-0.2, -0.15) is 10.5 Å². The Kier molecular flexibility index (Phi) is 4.61. The standard InChI is InChI=1S/C20H18FN3O2/c1-26-19(25)20(11-23)17(14-8-4-5-9-16(14)21)13-7-3-2-6-12(13)15(10-22)18(20)24/h4-6,8-9,13,15,17,24H,2-3,7H2,1H3/t13-,15-,17-,20+/m1/s1. The van der Waals surface area contributed by atoms with Gasteiger partial charge in [0.05, 0.1) is 25.0 Å². The Morgan fingerprint density at radius 1 is 1.38 bits per heavy atom. The number of nitrogens with zero attached hydrogens (tertiary/aromatic N) is 2. The summed E-state index contributed by atoms with van der Waals surface area (Å²) >= 11 is 0. The van der Waals surface area contributed by atoms with Crippen LogP contribution in [0.15, 0.2) is 35.9 Å². The number of hydrogen-bond acceptors (Lipinski definition) is 5. The Bertz CT molecular complexity index is 880. The van der Waals surface area contributed by atoms with Gasteiger partial charge in [-0.1, -0.05) is 24.3 Å². The van der Waals surface area contributed by atoms with E-state index in [1.165, 1.54) is 12.1 Å². The summed E-state index contributed by atoms with van der Waals surface area (Å²) in [6.07, 6.45) is 4.10. The van der Waals surface area contributed by atoms with Gasteiger partial charge in [0.15, 0.2) is 0 Å². The first-order chi connectivity index (χ1) is 12.5. The molecule has 0 saturated heterocycles. The van der Waals surface area contributed by atoms with E-state index in [4.69, 9.17) is 10.1 Å². The Morgan fingerprint density at radius 3 is 2.73 bits per heavy atom. The van der Waals surface area contributed by atoms with Crippen LogP contribution in [0, 0.1) is 51.1 Å². The van der Waals surface area contributed by atoms with Crippen molar-refractivity contribution in [3.8, 4) is 12.1 Å². The van der Waals surface area contributed by atoms with Crippen LogP contribution < -0.4 is 0 Å². The Balaban J connectivity index is 2.33. The minimum absolute atomic E-state index is 0.207. The Hall–Kier alpha value is -2.99. The van der Waals surface area contributed by atoms with E-state index in [1.54, 1.807) is 12.1 Å². The molecular weight excluding hydrogens is 333 g/mol. The highest BCUT2D eigenvalue weighted by molar-refractivity contribution is 6.13. The maximum atomic E-state index is 14.7. The number of allylic oxidation sites excluding steroid dienone is 2.